The number of aryl methyl sites for hydroxylation is 1. The summed E-state index contributed by atoms with van der Waals surface area (Å²) in [5.74, 6) is 2.27. The van der Waals surface area contributed by atoms with E-state index in [1.54, 1.807) is 12.3 Å². The van der Waals surface area contributed by atoms with Gasteiger partial charge in [0.1, 0.15) is 11.5 Å². The Labute approximate surface area is 105 Å². The van der Waals surface area contributed by atoms with Gasteiger partial charge in [-0.2, -0.15) is 4.98 Å². The molecule has 2 aromatic rings. The van der Waals surface area contributed by atoms with E-state index in [1.807, 2.05) is 6.92 Å². The van der Waals surface area contributed by atoms with Crippen LogP contribution in [0.25, 0.3) is 11.5 Å². The van der Waals surface area contributed by atoms with E-state index in [2.05, 4.69) is 25.4 Å². The number of hydrogen-bond acceptors (Lipinski definition) is 6. The van der Waals surface area contributed by atoms with Gasteiger partial charge < -0.3 is 9.84 Å². The fraction of sp³-hybridized carbons (Fsp3) is 0.500. The molecule has 1 saturated heterocycles. The molecule has 1 unspecified atom stereocenters. The molecule has 0 aliphatic carbocycles. The van der Waals surface area contributed by atoms with Crippen molar-refractivity contribution in [1.29, 1.82) is 0 Å². The summed E-state index contributed by atoms with van der Waals surface area (Å²) in [6.45, 7) is 3.82. The molecule has 1 aliphatic heterocycles. The second-order valence-corrected chi connectivity index (χ2v) is 4.49. The number of rotatable bonds is 2. The first-order chi connectivity index (χ1) is 8.83. The molecule has 3 heterocycles. The van der Waals surface area contributed by atoms with Gasteiger partial charge in [0.05, 0.1) is 5.92 Å². The highest BCUT2D eigenvalue weighted by Crippen LogP contribution is 2.23. The third kappa shape index (κ3) is 2.24. The van der Waals surface area contributed by atoms with Gasteiger partial charge in [0, 0.05) is 12.7 Å². The molecule has 1 fully saturated rings. The number of nitrogens with zero attached hydrogens (tertiary/aromatic N) is 4. The van der Waals surface area contributed by atoms with E-state index in [0.717, 1.165) is 25.9 Å². The molecule has 3 rings (SSSR count). The van der Waals surface area contributed by atoms with E-state index in [9.17, 15) is 0 Å². The van der Waals surface area contributed by atoms with E-state index in [4.69, 9.17) is 4.52 Å². The second-order valence-electron chi connectivity index (χ2n) is 4.49. The lowest BCUT2D eigenvalue weighted by Crippen LogP contribution is -2.28. The Balaban J connectivity index is 1.84. The van der Waals surface area contributed by atoms with Crippen LogP contribution in [0.4, 0.5) is 0 Å². The predicted molar refractivity (Wildman–Crippen MR) is 64.9 cm³/mol. The minimum absolute atomic E-state index is 0.322. The van der Waals surface area contributed by atoms with E-state index in [-0.39, 0.29) is 0 Å². The zero-order valence-electron chi connectivity index (χ0n) is 10.3. The van der Waals surface area contributed by atoms with Crippen molar-refractivity contribution >= 4 is 0 Å². The molecule has 2 aromatic heterocycles. The summed E-state index contributed by atoms with van der Waals surface area (Å²) in [5, 5.41) is 7.34. The number of aromatic nitrogens is 4. The van der Waals surface area contributed by atoms with Crippen LogP contribution in [-0.2, 0) is 0 Å². The van der Waals surface area contributed by atoms with Crippen LogP contribution in [0.2, 0.25) is 0 Å². The van der Waals surface area contributed by atoms with Crippen molar-refractivity contribution in [2.75, 3.05) is 13.1 Å². The van der Waals surface area contributed by atoms with Gasteiger partial charge in [-0.15, -0.1) is 0 Å². The Hall–Kier alpha value is -1.82. The van der Waals surface area contributed by atoms with E-state index >= 15 is 0 Å². The highest BCUT2D eigenvalue weighted by molar-refractivity contribution is 5.47. The lowest BCUT2D eigenvalue weighted by Gasteiger charge is -2.18. The molecule has 6 heteroatoms. The molecule has 0 radical (unpaired) electrons. The van der Waals surface area contributed by atoms with Gasteiger partial charge >= 0.3 is 0 Å². The lowest BCUT2D eigenvalue weighted by atomic mass is 10.00. The van der Waals surface area contributed by atoms with Gasteiger partial charge in [-0.05, 0) is 32.4 Å². The number of nitrogens with one attached hydrogen (secondary N) is 1. The molecule has 0 spiro atoms. The van der Waals surface area contributed by atoms with Crippen molar-refractivity contribution in [2.45, 2.75) is 25.7 Å². The topological polar surface area (TPSA) is 76.7 Å². The van der Waals surface area contributed by atoms with Crippen molar-refractivity contribution in [3.05, 3.63) is 24.0 Å². The third-order valence-corrected chi connectivity index (χ3v) is 3.09. The van der Waals surface area contributed by atoms with Crippen molar-refractivity contribution < 1.29 is 4.52 Å². The molecule has 0 saturated carbocycles. The zero-order valence-corrected chi connectivity index (χ0v) is 10.3. The number of hydrogen-bond donors (Lipinski definition) is 1. The third-order valence-electron chi connectivity index (χ3n) is 3.09. The Kier molecular flexibility index (Phi) is 3.02. The summed E-state index contributed by atoms with van der Waals surface area (Å²) in [6.07, 6.45) is 3.95. The maximum absolute atomic E-state index is 5.34. The molecule has 18 heavy (non-hydrogen) atoms. The summed E-state index contributed by atoms with van der Waals surface area (Å²) >= 11 is 0. The molecule has 94 valence electrons. The highest BCUT2D eigenvalue weighted by Gasteiger charge is 2.21. The molecule has 0 bridgehead atoms. The van der Waals surface area contributed by atoms with Crippen molar-refractivity contribution in [3.8, 4) is 11.5 Å². The molecule has 1 N–H and O–H groups in total. The highest BCUT2D eigenvalue weighted by atomic mass is 16.5. The Morgan fingerprint density at radius 2 is 2.33 bits per heavy atom. The quantitative estimate of drug-likeness (QED) is 0.859. The maximum atomic E-state index is 5.34. The predicted octanol–water partition coefficient (Wildman–Crippen LogP) is 1.30. The van der Waals surface area contributed by atoms with Crippen LogP contribution in [-0.4, -0.2) is 33.2 Å². The SMILES string of the molecule is Cc1nccc(-c2noc(C3CCCNC3)n2)n1. The molecular formula is C12H15N5O. The summed E-state index contributed by atoms with van der Waals surface area (Å²) in [6, 6.07) is 1.79. The van der Waals surface area contributed by atoms with E-state index < -0.39 is 0 Å². The van der Waals surface area contributed by atoms with Gasteiger partial charge in [0.15, 0.2) is 0 Å². The van der Waals surface area contributed by atoms with Crippen molar-refractivity contribution in [1.82, 2.24) is 25.4 Å². The average Bonchev–Trinajstić information content (AvgIpc) is 2.89. The van der Waals surface area contributed by atoms with Crippen LogP contribution in [0, 0.1) is 6.92 Å². The summed E-state index contributed by atoms with van der Waals surface area (Å²) in [5.41, 5.74) is 0.710. The van der Waals surface area contributed by atoms with Gasteiger partial charge in [-0.25, -0.2) is 9.97 Å². The first-order valence-electron chi connectivity index (χ1n) is 6.17. The Morgan fingerprint density at radius 3 is 3.11 bits per heavy atom. The molecule has 1 atom stereocenters. The largest absolute Gasteiger partial charge is 0.339 e. The monoisotopic (exact) mass is 245 g/mol. The van der Waals surface area contributed by atoms with Crippen LogP contribution >= 0.6 is 0 Å². The van der Waals surface area contributed by atoms with Crippen molar-refractivity contribution in [3.63, 3.8) is 0 Å². The van der Waals surface area contributed by atoms with Crippen molar-refractivity contribution in [2.24, 2.45) is 0 Å². The van der Waals surface area contributed by atoms with Gasteiger partial charge in [-0.1, -0.05) is 5.16 Å². The first kappa shape index (κ1) is 11.3. The number of piperidine rings is 1. The summed E-state index contributed by atoms with van der Waals surface area (Å²) in [4.78, 5) is 12.8. The molecule has 1 aliphatic rings. The van der Waals surface area contributed by atoms with Crippen LogP contribution in [0.1, 0.15) is 30.5 Å². The Morgan fingerprint density at radius 1 is 1.39 bits per heavy atom. The van der Waals surface area contributed by atoms with E-state index in [0.29, 0.717) is 29.2 Å². The van der Waals surface area contributed by atoms with Gasteiger partial charge in [0.2, 0.25) is 11.7 Å². The fourth-order valence-corrected chi connectivity index (χ4v) is 2.15. The average molecular weight is 245 g/mol. The van der Waals surface area contributed by atoms with Crippen LogP contribution in [0.5, 0.6) is 0 Å². The van der Waals surface area contributed by atoms with Crippen LogP contribution < -0.4 is 5.32 Å². The van der Waals surface area contributed by atoms with Gasteiger partial charge in [-0.3, -0.25) is 0 Å². The minimum atomic E-state index is 0.322. The smallest absolute Gasteiger partial charge is 0.231 e. The normalized spacial score (nSPS) is 19.9. The Bertz CT molecular complexity index is 533. The summed E-state index contributed by atoms with van der Waals surface area (Å²) in [7, 11) is 0. The standard InChI is InChI=1S/C12H15N5O/c1-8-14-6-4-10(15-8)11-16-12(18-17-11)9-3-2-5-13-7-9/h4,6,9,13H,2-3,5,7H2,1H3. The summed E-state index contributed by atoms with van der Waals surface area (Å²) < 4.78 is 5.34. The van der Waals surface area contributed by atoms with Gasteiger partial charge in [0.25, 0.3) is 0 Å². The second kappa shape index (κ2) is 4.81. The fourth-order valence-electron chi connectivity index (χ4n) is 2.15. The maximum Gasteiger partial charge on any atom is 0.231 e. The molecule has 0 amide bonds. The van der Waals surface area contributed by atoms with Crippen LogP contribution in [0.15, 0.2) is 16.8 Å². The first-order valence-corrected chi connectivity index (χ1v) is 6.17. The minimum Gasteiger partial charge on any atom is -0.339 e. The van der Waals surface area contributed by atoms with Crippen LogP contribution in [0.3, 0.4) is 0 Å². The molecule has 0 aromatic carbocycles. The molecular weight excluding hydrogens is 230 g/mol. The zero-order chi connectivity index (χ0) is 12.4. The van der Waals surface area contributed by atoms with E-state index in [1.165, 1.54) is 0 Å². The lowest BCUT2D eigenvalue weighted by molar-refractivity contribution is 0.322. The molecule has 6 nitrogen and oxygen atoms in total.